The topological polar surface area (TPSA) is 69.6 Å². The summed E-state index contributed by atoms with van der Waals surface area (Å²) in [5.74, 6) is -0.406. The number of esters is 1. The first-order chi connectivity index (χ1) is 10.0. The Labute approximate surface area is 133 Å². The van der Waals surface area contributed by atoms with Crippen LogP contribution in [0.1, 0.15) is 21.6 Å². The van der Waals surface area contributed by atoms with E-state index < -0.39 is 5.97 Å². The van der Waals surface area contributed by atoms with E-state index in [1.807, 2.05) is 22.2 Å². The number of benzene rings is 1. The van der Waals surface area contributed by atoms with Crippen molar-refractivity contribution in [1.82, 2.24) is 9.38 Å². The molecular formula is C14H12BrN3O2S. The van der Waals surface area contributed by atoms with Gasteiger partial charge >= 0.3 is 5.97 Å². The van der Waals surface area contributed by atoms with Crippen molar-refractivity contribution < 1.29 is 9.53 Å². The minimum Gasteiger partial charge on any atom is -0.456 e. The van der Waals surface area contributed by atoms with Crippen LogP contribution in [0.4, 0.5) is 5.69 Å². The number of ether oxygens (including phenoxy) is 1. The molecule has 0 bridgehead atoms. The van der Waals surface area contributed by atoms with Crippen LogP contribution < -0.4 is 5.73 Å². The van der Waals surface area contributed by atoms with E-state index >= 15 is 0 Å². The van der Waals surface area contributed by atoms with Gasteiger partial charge in [-0.05, 0) is 24.6 Å². The van der Waals surface area contributed by atoms with Gasteiger partial charge in [-0.25, -0.2) is 9.78 Å². The zero-order valence-corrected chi connectivity index (χ0v) is 13.6. The molecule has 108 valence electrons. The first kappa shape index (κ1) is 14.1. The monoisotopic (exact) mass is 365 g/mol. The molecule has 1 aromatic carbocycles. The maximum Gasteiger partial charge on any atom is 0.338 e. The number of halogens is 1. The highest BCUT2D eigenvalue weighted by Gasteiger charge is 2.14. The van der Waals surface area contributed by atoms with Crippen LogP contribution in [0.2, 0.25) is 0 Å². The highest BCUT2D eigenvalue weighted by atomic mass is 79.9. The first-order valence-electron chi connectivity index (χ1n) is 6.18. The third kappa shape index (κ3) is 2.79. The molecule has 5 nitrogen and oxygen atoms in total. The van der Waals surface area contributed by atoms with Gasteiger partial charge in [0, 0.05) is 27.9 Å². The Morgan fingerprint density at radius 2 is 2.33 bits per heavy atom. The quantitative estimate of drug-likeness (QED) is 0.570. The molecule has 3 rings (SSSR count). The lowest BCUT2D eigenvalue weighted by Gasteiger charge is -2.09. The Morgan fingerprint density at radius 1 is 1.52 bits per heavy atom. The van der Waals surface area contributed by atoms with E-state index in [4.69, 9.17) is 10.5 Å². The average Bonchev–Trinajstić information content (AvgIpc) is 3.01. The second-order valence-electron chi connectivity index (χ2n) is 4.57. The fraction of sp³-hybridized carbons (Fsp3) is 0.143. The summed E-state index contributed by atoms with van der Waals surface area (Å²) >= 11 is 4.86. The van der Waals surface area contributed by atoms with Gasteiger partial charge in [-0.1, -0.05) is 15.9 Å². The van der Waals surface area contributed by atoms with Gasteiger partial charge in [0.25, 0.3) is 0 Å². The lowest BCUT2D eigenvalue weighted by molar-refractivity contribution is 0.0467. The highest BCUT2D eigenvalue weighted by Crippen LogP contribution is 2.23. The van der Waals surface area contributed by atoms with Gasteiger partial charge in [0.05, 0.1) is 11.3 Å². The van der Waals surface area contributed by atoms with Crippen LogP contribution in [0.5, 0.6) is 0 Å². The number of nitrogens with two attached hydrogens (primary N) is 1. The van der Waals surface area contributed by atoms with E-state index in [-0.39, 0.29) is 6.61 Å². The number of thiazole rings is 1. The summed E-state index contributed by atoms with van der Waals surface area (Å²) < 4.78 is 7.97. The normalized spacial score (nSPS) is 11.0. The van der Waals surface area contributed by atoms with Crippen molar-refractivity contribution >= 4 is 43.9 Å². The van der Waals surface area contributed by atoms with Gasteiger partial charge < -0.3 is 10.5 Å². The predicted octanol–water partition coefficient (Wildman–Crippen LogP) is 3.41. The molecule has 0 fully saturated rings. The van der Waals surface area contributed by atoms with Crippen molar-refractivity contribution in [2.24, 2.45) is 0 Å². The first-order valence-corrected chi connectivity index (χ1v) is 7.85. The highest BCUT2D eigenvalue weighted by molar-refractivity contribution is 9.10. The Bertz CT molecular complexity index is 796. The Balaban J connectivity index is 1.76. The number of fused-ring (bicyclic) bond motifs is 1. The van der Waals surface area contributed by atoms with E-state index in [0.29, 0.717) is 16.8 Å². The average molecular weight is 366 g/mol. The van der Waals surface area contributed by atoms with Gasteiger partial charge in [0.2, 0.25) is 0 Å². The maximum absolute atomic E-state index is 12.2. The van der Waals surface area contributed by atoms with Crippen molar-refractivity contribution in [3.8, 4) is 0 Å². The smallest absolute Gasteiger partial charge is 0.338 e. The van der Waals surface area contributed by atoms with Crippen LogP contribution >= 0.6 is 27.3 Å². The number of rotatable bonds is 3. The van der Waals surface area contributed by atoms with Crippen LogP contribution in [0.3, 0.4) is 0 Å². The Kier molecular flexibility index (Phi) is 3.69. The number of aromatic nitrogens is 2. The molecule has 0 aliphatic rings. The fourth-order valence-electron chi connectivity index (χ4n) is 1.97. The summed E-state index contributed by atoms with van der Waals surface area (Å²) in [4.78, 5) is 17.4. The van der Waals surface area contributed by atoms with Crippen molar-refractivity contribution in [1.29, 1.82) is 0 Å². The number of hydrogen-bond acceptors (Lipinski definition) is 5. The van der Waals surface area contributed by atoms with Crippen molar-refractivity contribution in [2.45, 2.75) is 13.5 Å². The number of carbonyl (C=O) groups is 1. The summed E-state index contributed by atoms with van der Waals surface area (Å²) in [5, 5.41) is 1.95. The molecule has 0 aliphatic heterocycles. The van der Waals surface area contributed by atoms with Gasteiger partial charge in [0.15, 0.2) is 4.96 Å². The molecule has 0 saturated heterocycles. The van der Waals surface area contributed by atoms with Gasteiger partial charge in [-0.2, -0.15) is 0 Å². The number of anilines is 1. The molecule has 0 radical (unpaired) electrons. The van der Waals surface area contributed by atoms with Crippen molar-refractivity contribution in [2.75, 3.05) is 5.73 Å². The molecule has 0 saturated carbocycles. The summed E-state index contributed by atoms with van der Waals surface area (Å²) in [6.45, 7) is 1.93. The molecule has 7 heteroatoms. The molecule has 0 atom stereocenters. The molecule has 3 aromatic rings. The maximum atomic E-state index is 12.2. The number of carbonyl (C=O) groups excluding carboxylic acids is 1. The van der Waals surface area contributed by atoms with Crippen LogP contribution in [0.15, 0.2) is 34.4 Å². The minimum absolute atomic E-state index is 0.138. The van der Waals surface area contributed by atoms with E-state index in [1.165, 1.54) is 11.3 Å². The molecular weight excluding hydrogens is 354 g/mol. The summed E-state index contributed by atoms with van der Waals surface area (Å²) in [6, 6.07) is 3.47. The molecule has 0 spiro atoms. The largest absolute Gasteiger partial charge is 0.456 e. The van der Waals surface area contributed by atoms with E-state index in [2.05, 4.69) is 20.9 Å². The predicted molar refractivity (Wildman–Crippen MR) is 85.5 cm³/mol. The Morgan fingerprint density at radius 3 is 3.10 bits per heavy atom. The number of nitrogen functional groups attached to an aromatic ring is 1. The van der Waals surface area contributed by atoms with Crippen molar-refractivity contribution in [3.63, 3.8) is 0 Å². The third-order valence-electron chi connectivity index (χ3n) is 3.13. The summed E-state index contributed by atoms with van der Waals surface area (Å²) in [6.07, 6.45) is 3.76. The lowest BCUT2D eigenvalue weighted by Crippen LogP contribution is -2.09. The molecule has 2 aromatic heterocycles. The van der Waals surface area contributed by atoms with Gasteiger partial charge in [0.1, 0.15) is 6.61 Å². The Hall–Kier alpha value is -1.86. The molecule has 0 aliphatic carbocycles. The van der Waals surface area contributed by atoms with Crippen LogP contribution in [-0.2, 0) is 11.3 Å². The fourth-order valence-corrected chi connectivity index (χ4v) is 3.17. The SMILES string of the molecule is Cc1c(N)cc(Br)cc1C(=O)OCc1cn2ccsc2n1. The van der Waals surface area contributed by atoms with Crippen LogP contribution in [0, 0.1) is 6.92 Å². The molecule has 2 heterocycles. The molecule has 0 amide bonds. The number of hydrogen-bond donors (Lipinski definition) is 1. The second-order valence-corrected chi connectivity index (χ2v) is 6.36. The van der Waals surface area contributed by atoms with Gasteiger partial charge in [-0.15, -0.1) is 11.3 Å². The number of nitrogens with zero attached hydrogens (tertiary/aromatic N) is 2. The summed E-state index contributed by atoms with van der Waals surface area (Å²) in [5.41, 5.74) is 8.30. The molecule has 0 unspecified atom stereocenters. The van der Waals surface area contributed by atoms with Gasteiger partial charge in [-0.3, -0.25) is 4.40 Å². The van der Waals surface area contributed by atoms with E-state index in [1.54, 1.807) is 19.1 Å². The second kappa shape index (κ2) is 5.50. The van der Waals surface area contributed by atoms with E-state index in [9.17, 15) is 4.79 Å². The lowest BCUT2D eigenvalue weighted by atomic mass is 10.1. The number of imidazole rings is 1. The molecule has 2 N–H and O–H groups in total. The standard InChI is InChI=1S/C14H12BrN3O2S/c1-8-11(4-9(15)5-12(8)16)13(19)20-7-10-6-18-2-3-21-14(18)17-10/h2-6H,7,16H2,1H3. The molecule has 21 heavy (non-hydrogen) atoms. The van der Waals surface area contributed by atoms with E-state index in [0.717, 1.165) is 15.1 Å². The van der Waals surface area contributed by atoms with Crippen LogP contribution in [0.25, 0.3) is 4.96 Å². The third-order valence-corrected chi connectivity index (χ3v) is 4.36. The summed E-state index contributed by atoms with van der Waals surface area (Å²) in [7, 11) is 0. The zero-order valence-electron chi connectivity index (χ0n) is 11.2. The van der Waals surface area contributed by atoms with Crippen molar-refractivity contribution in [3.05, 3.63) is 51.2 Å². The zero-order chi connectivity index (χ0) is 15.0. The van der Waals surface area contributed by atoms with Crippen LogP contribution in [-0.4, -0.2) is 15.4 Å². The minimum atomic E-state index is -0.406.